The summed E-state index contributed by atoms with van der Waals surface area (Å²) in [6, 6.07) is 16.4. The third-order valence-electron chi connectivity index (χ3n) is 4.58. The lowest BCUT2D eigenvalue weighted by molar-refractivity contribution is 0.415. The molecule has 0 radical (unpaired) electrons. The number of ether oxygens (including phenoxy) is 1. The Morgan fingerprint density at radius 3 is 2.41 bits per heavy atom. The topological polar surface area (TPSA) is 52.8 Å². The number of benzene rings is 2. The summed E-state index contributed by atoms with van der Waals surface area (Å²) >= 11 is 3.35. The van der Waals surface area contributed by atoms with Crippen LogP contribution in [0.3, 0.4) is 0 Å². The van der Waals surface area contributed by atoms with Crippen molar-refractivity contribution in [2.75, 3.05) is 7.11 Å². The standard InChI is InChI=1S/C22H22N4OS2/c1-4-26-20(16-9-11-19(27-3)12-10-16)24-25-22(26)29-14-18-13-28-21(23-18)17-7-5-15(2)6-8-17/h5-13H,4,14H2,1-3H3. The monoisotopic (exact) mass is 422 g/mol. The van der Waals surface area contributed by atoms with Gasteiger partial charge in [0.05, 0.1) is 12.8 Å². The minimum absolute atomic E-state index is 0.767. The Bertz CT molecular complexity index is 1080. The SMILES string of the molecule is CCn1c(SCc2csc(-c3ccc(C)cc3)n2)nnc1-c1ccc(OC)cc1. The lowest BCUT2D eigenvalue weighted by Crippen LogP contribution is -2.00. The van der Waals surface area contributed by atoms with Crippen molar-refractivity contribution >= 4 is 23.1 Å². The van der Waals surface area contributed by atoms with E-state index in [1.807, 2.05) is 24.3 Å². The van der Waals surface area contributed by atoms with Crippen LogP contribution in [0.15, 0.2) is 59.1 Å². The lowest BCUT2D eigenvalue weighted by atomic mass is 10.2. The van der Waals surface area contributed by atoms with E-state index >= 15 is 0 Å². The number of hydrogen-bond donors (Lipinski definition) is 0. The van der Waals surface area contributed by atoms with Crippen molar-refractivity contribution in [3.8, 4) is 27.7 Å². The summed E-state index contributed by atoms with van der Waals surface area (Å²) in [5.74, 6) is 2.47. The molecule has 0 saturated heterocycles. The molecule has 0 aliphatic heterocycles. The van der Waals surface area contributed by atoms with Crippen LogP contribution in [-0.2, 0) is 12.3 Å². The van der Waals surface area contributed by atoms with E-state index in [1.165, 1.54) is 5.56 Å². The van der Waals surface area contributed by atoms with E-state index in [2.05, 4.69) is 58.3 Å². The van der Waals surface area contributed by atoms with Gasteiger partial charge in [0.25, 0.3) is 0 Å². The van der Waals surface area contributed by atoms with Crippen molar-refractivity contribution in [1.82, 2.24) is 19.7 Å². The van der Waals surface area contributed by atoms with Crippen LogP contribution in [0, 0.1) is 6.92 Å². The fourth-order valence-corrected chi connectivity index (χ4v) is 4.80. The molecule has 4 aromatic rings. The number of hydrogen-bond acceptors (Lipinski definition) is 6. The molecule has 7 heteroatoms. The van der Waals surface area contributed by atoms with E-state index in [0.717, 1.165) is 50.9 Å². The van der Waals surface area contributed by atoms with E-state index in [-0.39, 0.29) is 0 Å². The van der Waals surface area contributed by atoms with Crippen molar-refractivity contribution in [2.45, 2.75) is 31.3 Å². The molecule has 2 aromatic carbocycles. The number of aryl methyl sites for hydroxylation is 1. The summed E-state index contributed by atoms with van der Waals surface area (Å²) in [4.78, 5) is 4.79. The number of thiazole rings is 1. The molecule has 0 bridgehead atoms. The molecule has 2 heterocycles. The van der Waals surface area contributed by atoms with Crippen molar-refractivity contribution in [3.63, 3.8) is 0 Å². The number of methoxy groups -OCH3 is 1. The highest BCUT2D eigenvalue weighted by Gasteiger charge is 2.14. The Balaban J connectivity index is 1.49. The minimum atomic E-state index is 0.767. The molecule has 2 aromatic heterocycles. The van der Waals surface area contributed by atoms with E-state index in [0.29, 0.717) is 0 Å². The molecule has 29 heavy (non-hydrogen) atoms. The molecule has 0 atom stereocenters. The number of nitrogens with zero attached hydrogens (tertiary/aromatic N) is 4. The first-order valence-corrected chi connectivity index (χ1v) is 11.3. The van der Waals surface area contributed by atoms with E-state index in [1.54, 1.807) is 30.2 Å². The molecule has 0 amide bonds. The molecule has 4 rings (SSSR count). The quantitative estimate of drug-likeness (QED) is 0.358. The zero-order chi connectivity index (χ0) is 20.2. The van der Waals surface area contributed by atoms with Gasteiger partial charge in [-0.25, -0.2) is 4.98 Å². The molecule has 0 N–H and O–H groups in total. The second-order valence-corrected chi connectivity index (χ2v) is 8.38. The Morgan fingerprint density at radius 1 is 1.00 bits per heavy atom. The van der Waals surface area contributed by atoms with E-state index in [4.69, 9.17) is 9.72 Å². The average molecular weight is 423 g/mol. The Hall–Kier alpha value is -2.64. The number of thioether (sulfide) groups is 1. The van der Waals surface area contributed by atoms with Gasteiger partial charge in [-0.2, -0.15) is 0 Å². The molecular weight excluding hydrogens is 400 g/mol. The minimum Gasteiger partial charge on any atom is -0.497 e. The van der Waals surface area contributed by atoms with Gasteiger partial charge < -0.3 is 9.30 Å². The lowest BCUT2D eigenvalue weighted by Gasteiger charge is -2.07. The van der Waals surface area contributed by atoms with Crippen molar-refractivity contribution in [1.29, 1.82) is 0 Å². The van der Waals surface area contributed by atoms with Gasteiger partial charge in [-0.3, -0.25) is 0 Å². The van der Waals surface area contributed by atoms with E-state index in [9.17, 15) is 0 Å². The first-order valence-electron chi connectivity index (χ1n) is 9.39. The molecule has 0 saturated carbocycles. The Labute approximate surface area is 178 Å². The first-order chi connectivity index (χ1) is 14.2. The van der Waals surface area contributed by atoms with Crippen LogP contribution in [0.5, 0.6) is 5.75 Å². The van der Waals surface area contributed by atoms with Crippen LogP contribution in [0.2, 0.25) is 0 Å². The molecule has 0 aliphatic rings. The smallest absolute Gasteiger partial charge is 0.191 e. The maximum absolute atomic E-state index is 5.24. The van der Waals surface area contributed by atoms with Gasteiger partial charge in [0.15, 0.2) is 11.0 Å². The maximum atomic E-state index is 5.24. The summed E-state index contributed by atoms with van der Waals surface area (Å²) < 4.78 is 7.38. The Kier molecular flexibility index (Phi) is 5.97. The van der Waals surface area contributed by atoms with Crippen LogP contribution in [0.4, 0.5) is 0 Å². The fourth-order valence-electron chi connectivity index (χ4n) is 2.97. The van der Waals surface area contributed by atoms with Gasteiger partial charge in [-0.05, 0) is 38.1 Å². The summed E-state index contributed by atoms with van der Waals surface area (Å²) in [5, 5.41) is 12.9. The number of aromatic nitrogens is 4. The summed E-state index contributed by atoms with van der Waals surface area (Å²) in [6.07, 6.45) is 0. The molecule has 0 spiro atoms. The maximum Gasteiger partial charge on any atom is 0.191 e. The highest BCUT2D eigenvalue weighted by molar-refractivity contribution is 7.98. The van der Waals surface area contributed by atoms with E-state index < -0.39 is 0 Å². The van der Waals surface area contributed by atoms with Crippen LogP contribution >= 0.6 is 23.1 Å². The average Bonchev–Trinajstić information content (AvgIpc) is 3.39. The van der Waals surface area contributed by atoms with Crippen LogP contribution in [0.25, 0.3) is 22.0 Å². The number of rotatable bonds is 7. The zero-order valence-electron chi connectivity index (χ0n) is 16.6. The van der Waals surface area contributed by atoms with Crippen LogP contribution in [0.1, 0.15) is 18.2 Å². The van der Waals surface area contributed by atoms with Crippen LogP contribution < -0.4 is 4.74 Å². The van der Waals surface area contributed by atoms with Gasteiger partial charge in [0.2, 0.25) is 0 Å². The predicted molar refractivity (Wildman–Crippen MR) is 120 cm³/mol. The summed E-state index contributed by atoms with van der Waals surface area (Å²) in [5.41, 5.74) is 4.51. The predicted octanol–water partition coefficient (Wildman–Crippen LogP) is 5.70. The normalized spacial score (nSPS) is 11.0. The van der Waals surface area contributed by atoms with Crippen LogP contribution in [-0.4, -0.2) is 26.9 Å². The van der Waals surface area contributed by atoms with Gasteiger partial charge in [-0.15, -0.1) is 21.5 Å². The molecule has 5 nitrogen and oxygen atoms in total. The molecule has 0 aliphatic carbocycles. The highest BCUT2D eigenvalue weighted by Crippen LogP contribution is 2.30. The fraction of sp³-hybridized carbons (Fsp3) is 0.227. The second kappa shape index (κ2) is 8.80. The van der Waals surface area contributed by atoms with Crippen molar-refractivity contribution < 1.29 is 4.74 Å². The highest BCUT2D eigenvalue weighted by atomic mass is 32.2. The first kappa shape index (κ1) is 19.7. The summed E-state index contributed by atoms with van der Waals surface area (Å²) in [6.45, 7) is 5.01. The molecule has 0 fully saturated rings. The largest absolute Gasteiger partial charge is 0.497 e. The molecule has 0 unspecified atom stereocenters. The van der Waals surface area contributed by atoms with Crippen molar-refractivity contribution in [3.05, 3.63) is 65.2 Å². The Morgan fingerprint density at radius 2 is 1.72 bits per heavy atom. The molecular formula is C22H22N4OS2. The summed E-state index contributed by atoms with van der Waals surface area (Å²) in [7, 11) is 1.67. The third kappa shape index (κ3) is 4.36. The zero-order valence-corrected chi connectivity index (χ0v) is 18.3. The second-order valence-electron chi connectivity index (χ2n) is 6.58. The van der Waals surface area contributed by atoms with Gasteiger partial charge in [-0.1, -0.05) is 41.6 Å². The van der Waals surface area contributed by atoms with Gasteiger partial charge in [0, 0.05) is 28.8 Å². The third-order valence-corrected chi connectivity index (χ3v) is 6.52. The van der Waals surface area contributed by atoms with Crippen molar-refractivity contribution in [2.24, 2.45) is 0 Å². The van der Waals surface area contributed by atoms with Gasteiger partial charge in [0.1, 0.15) is 10.8 Å². The molecule has 148 valence electrons. The van der Waals surface area contributed by atoms with Gasteiger partial charge >= 0.3 is 0 Å².